The van der Waals surface area contributed by atoms with Gasteiger partial charge in [-0.15, -0.1) is 0 Å². The van der Waals surface area contributed by atoms with Gasteiger partial charge in [0.15, 0.2) is 6.30 Å². The van der Waals surface area contributed by atoms with Crippen LogP contribution in [0, 0.1) is 0 Å². The lowest BCUT2D eigenvalue weighted by Crippen LogP contribution is -2.56. The van der Waals surface area contributed by atoms with Crippen LogP contribution in [-0.4, -0.2) is 47.9 Å². The van der Waals surface area contributed by atoms with Crippen LogP contribution in [-0.2, 0) is 19.1 Å². The highest BCUT2D eigenvalue weighted by Crippen LogP contribution is 2.34. The lowest BCUT2D eigenvalue weighted by Gasteiger charge is -2.47. The van der Waals surface area contributed by atoms with Gasteiger partial charge < -0.3 is 9.47 Å². The monoisotopic (exact) mass is 668 g/mol. The fraction of sp³-hybridized carbons (Fsp3) is 0.951. The number of hydrogen-bond acceptors (Lipinski definition) is 5. The minimum Gasteiger partial charge on any atom is -0.464 e. The van der Waals surface area contributed by atoms with Crippen molar-refractivity contribution in [3.05, 3.63) is 0 Å². The summed E-state index contributed by atoms with van der Waals surface area (Å²) in [6, 6.07) is 0. The van der Waals surface area contributed by atoms with E-state index in [1.165, 1.54) is 141 Å². The van der Waals surface area contributed by atoms with Crippen LogP contribution in [0.25, 0.3) is 0 Å². The number of nitrogens with zero attached hydrogens (tertiary/aromatic N) is 1. The molecule has 2 atom stereocenters. The molecule has 1 aliphatic heterocycles. The van der Waals surface area contributed by atoms with Crippen LogP contribution in [0.2, 0.25) is 0 Å². The van der Waals surface area contributed by atoms with E-state index < -0.39 is 17.9 Å². The quantitative estimate of drug-likeness (QED) is 0.0406. The first-order valence-electron chi connectivity index (χ1n) is 20.6. The normalized spacial score (nSPS) is 18.0. The van der Waals surface area contributed by atoms with Crippen LogP contribution in [0.5, 0.6) is 0 Å². The van der Waals surface area contributed by atoms with Gasteiger partial charge in [-0.1, -0.05) is 168 Å². The van der Waals surface area contributed by atoms with E-state index in [1.54, 1.807) is 4.90 Å². The predicted octanol–water partition coefficient (Wildman–Crippen LogP) is 12.6. The number of piperidine rings is 1. The summed E-state index contributed by atoms with van der Waals surface area (Å²) in [7, 11) is 0. The minimum absolute atomic E-state index is 0.181. The second kappa shape index (κ2) is 29.7. The maximum absolute atomic E-state index is 15.2. The van der Waals surface area contributed by atoms with Crippen LogP contribution in [0.15, 0.2) is 0 Å². The second-order valence-corrected chi connectivity index (χ2v) is 15.2. The summed E-state index contributed by atoms with van der Waals surface area (Å²) in [6.07, 6.45) is 33.2. The molecule has 1 heterocycles. The molecular weight excluding hydrogens is 589 g/mol. The smallest absolute Gasteiger partial charge is 0.306 e. The molecule has 0 saturated carbocycles. The van der Waals surface area contributed by atoms with Gasteiger partial charge in [-0.25, -0.2) is 4.39 Å². The summed E-state index contributed by atoms with van der Waals surface area (Å²) in [4.78, 5) is 26.5. The van der Waals surface area contributed by atoms with Gasteiger partial charge in [-0.05, 0) is 26.7 Å². The van der Waals surface area contributed by atoms with E-state index in [1.807, 2.05) is 13.8 Å². The van der Waals surface area contributed by atoms with E-state index in [0.29, 0.717) is 25.8 Å². The SMILES string of the molecule is CCCCCCCCCCCCCCCC(=O)OCCN1C(F)CC(OC(=O)CCCCCCCCCCCCCCC)CC1(C)C. The molecule has 0 radical (unpaired) electrons. The molecule has 278 valence electrons. The highest BCUT2D eigenvalue weighted by molar-refractivity contribution is 5.69. The molecule has 2 unspecified atom stereocenters. The van der Waals surface area contributed by atoms with E-state index in [0.717, 1.165) is 25.7 Å². The largest absolute Gasteiger partial charge is 0.464 e. The number of esters is 2. The maximum atomic E-state index is 15.2. The van der Waals surface area contributed by atoms with Gasteiger partial charge >= 0.3 is 11.9 Å². The van der Waals surface area contributed by atoms with Crippen molar-refractivity contribution in [1.29, 1.82) is 0 Å². The average molecular weight is 668 g/mol. The van der Waals surface area contributed by atoms with Crippen molar-refractivity contribution in [2.45, 2.75) is 238 Å². The minimum atomic E-state index is -1.22. The number of likely N-dealkylation sites (tertiary alicyclic amines) is 1. The van der Waals surface area contributed by atoms with Crippen molar-refractivity contribution in [3.8, 4) is 0 Å². The third-order valence-corrected chi connectivity index (χ3v) is 10.2. The van der Waals surface area contributed by atoms with Gasteiger partial charge in [0.05, 0.1) is 0 Å². The highest BCUT2D eigenvalue weighted by atomic mass is 19.1. The summed E-state index contributed by atoms with van der Waals surface area (Å²) in [5.74, 6) is -0.380. The fourth-order valence-corrected chi connectivity index (χ4v) is 7.16. The summed E-state index contributed by atoms with van der Waals surface area (Å²) in [5.41, 5.74) is -0.473. The number of unbranched alkanes of at least 4 members (excludes halogenated alkanes) is 24. The molecule has 0 N–H and O–H groups in total. The lowest BCUT2D eigenvalue weighted by atomic mass is 9.87. The maximum Gasteiger partial charge on any atom is 0.306 e. The summed E-state index contributed by atoms with van der Waals surface area (Å²) < 4.78 is 26.4. The molecule has 6 heteroatoms. The average Bonchev–Trinajstić information content (AvgIpc) is 3.02. The van der Waals surface area contributed by atoms with Gasteiger partial charge in [-0.3, -0.25) is 14.5 Å². The predicted molar refractivity (Wildman–Crippen MR) is 196 cm³/mol. The Morgan fingerprint density at radius 3 is 1.34 bits per heavy atom. The van der Waals surface area contributed by atoms with E-state index in [9.17, 15) is 9.59 Å². The molecule has 0 aromatic heterocycles. The molecule has 0 spiro atoms. The number of alkyl halides is 1. The third kappa shape index (κ3) is 24.6. The number of halogens is 1. The number of carbonyl (C=O) groups excluding carboxylic acids is 2. The Morgan fingerprint density at radius 1 is 0.596 bits per heavy atom. The molecule has 0 aromatic rings. The molecule has 1 aliphatic rings. The van der Waals surface area contributed by atoms with Gasteiger partial charge in [0.2, 0.25) is 0 Å². The van der Waals surface area contributed by atoms with Crippen molar-refractivity contribution < 1.29 is 23.5 Å². The van der Waals surface area contributed by atoms with Crippen molar-refractivity contribution in [3.63, 3.8) is 0 Å². The first-order chi connectivity index (χ1) is 22.8. The zero-order valence-corrected chi connectivity index (χ0v) is 31.7. The lowest BCUT2D eigenvalue weighted by molar-refractivity contribution is -0.164. The molecule has 1 saturated heterocycles. The number of carbonyl (C=O) groups is 2. The molecule has 5 nitrogen and oxygen atoms in total. The fourth-order valence-electron chi connectivity index (χ4n) is 7.16. The van der Waals surface area contributed by atoms with Crippen molar-refractivity contribution in [2.75, 3.05) is 13.2 Å². The molecule has 47 heavy (non-hydrogen) atoms. The molecule has 0 bridgehead atoms. The third-order valence-electron chi connectivity index (χ3n) is 10.2. The second-order valence-electron chi connectivity index (χ2n) is 15.2. The Labute approximate surface area is 291 Å². The van der Waals surface area contributed by atoms with Crippen LogP contribution < -0.4 is 0 Å². The van der Waals surface area contributed by atoms with Crippen LogP contribution >= 0.6 is 0 Å². The first kappa shape index (κ1) is 43.9. The Kier molecular flexibility index (Phi) is 27.7. The van der Waals surface area contributed by atoms with Crippen LogP contribution in [0.4, 0.5) is 4.39 Å². The van der Waals surface area contributed by atoms with Gasteiger partial charge in [0.1, 0.15) is 12.7 Å². The van der Waals surface area contributed by atoms with Gasteiger partial charge in [0, 0.05) is 37.8 Å². The van der Waals surface area contributed by atoms with Gasteiger partial charge in [-0.2, -0.15) is 0 Å². The summed E-state index contributed by atoms with van der Waals surface area (Å²) in [5, 5.41) is 0. The number of ether oxygens (including phenoxy) is 2. The van der Waals surface area contributed by atoms with Crippen LogP contribution in [0.1, 0.15) is 220 Å². The van der Waals surface area contributed by atoms with E-state index in [-0.39, 0.29) is 25.0 Å². The topological polar surface area (TPSA) is 55.8 Å². The molecule has 0 aromatic carbocycles. The van der Waals surface area contributed by atoms with E-state index in [2.05, 4.69) is 13.8 Å². The zero-order chi connectivity index (χ0) is 34.4. The molecule has 0 aliphatic carbocycles. The van der Waals surface area contributed by atoms with E-state index >= 15 is 4.39 Å². The molecule has 0 amide bonds. The standard InChI is InChI=1S/C41H78FNO4/c1-5-7-9-11-13-15-17-19-21-23-25-27-29-31-39(44)46-34-33-43-38(42)35-37(36-41(43,3)4)47-40(45)32-30-28-26-24-22-20-18-16-14-12-10-8-6-2/h37-38H,5-36H2,1-4H3. The molecular formula is C41H78FNO4. The zero-order valence-electron chi connectivity index (χ0n) is 31.7. The Morgan fingerprint density at radius 2 is 0.957 bits per heavy atom. The number of rotatable bonds is 32. The number of hydrogen-bond donors (Lipinski definition) is 0. The first-order valence-corrected chi connectivity index (χ1v) is 20.6. The van der Waals surface area contributed by atoms with Crippen molar-refractivity contribution in [2.24, 2.45) is 0 Å². The molecule has 1 fully saturated rings. The highest BCUT2D eigenvalue weighted by Gasteiger charge is 2.42. The van der Waals surface area contributed by atoms with Crippen molar-refractivity contribution >= 4 is 11.9 Å². The van der Waals surface area contributed by atoms with E-state index in [4.69, 9.17) is 9.47 Å². The Hall–Kier alpha value is -1.17. The van der Waals surface area contributed by atoms with Gasteiger partial charge in [0.25, 0.3) is 0 Å². The van der Waals surface area contributed by atoms with Crippen molar-refractivity contribution in [1.82, 2.24) is 4.90 Å². The molecule has 1 rings (SSSR count). The Bertz CT molecular complexity index is 745. The Balaban J connectivity index is 2.05. The summed E-state index contributed by atoms with van der Waals surface area (Å²) in [6.45, 7) is 9.06. The van der Waals surface area contributed by atoms with Crippen LogP contribution in [0.3, 0.4) is 0 Å². The summed E-state index contributed by atoms with van der Waals surface area (Å²) >= 11 is 0.